The van der Waals surface area contributed by atoms with Gasteiger partial charge in [0.2, 0.25) is 0 Å². The number of carbonyl (C=O) groups excluding carboxylic acids is 2. The van der Waals surface area contributed by atoms with Crippen LogP contribution in [-0.2, 0) is 9.53 Å². The maximum absolute atomic E-state index is 11.8. The summed E-state index contributed by atoms with van der Waals surface area (Å²) in [5.41, 5.74) is -0.550. The molecule has 1 unspecified atom stereocenters. The van der Waals surface area contributed by atoms with Crippen LogP contribution in [0.2, 0.25) is 0 Å². The van der Waals surface area contributed by atoms with E-state index in [0.717, 1.165) is 0 Å². The first-order valence-electron chi connectivity index (χ1n) is 6.57. The second kappa shape index (κ2) is 8.25. The number of hydrogen-bond acceptors (Lipinski definition) is 3. The molecule has 0 aliphatic rings. The lowest BCUT2D eigenvalue weighted by molar-refractivity contribution is -0.114. The highest BCUT2D eigenvalue weighted by atomic mass is 79.9. The molecule has 0 aromatic heterocycles. The van der Waals surface area contributed by atoms with Gasteiger partial charge in [0, 0.05) is 6.42 Å². The molecule has 5 heteroatoms. The molecule has 114 valence electrons. The van der Waals surface area contributed by atoms with Gasteiger partial charge in [0.25, 0.3) is 0 Å². The molecule has 0 rings (SSSR count). The first-order chi connectivity index (χ1) is 9.06. The van der Waals surface area contributed by atoms with Crippen molar-refractivity contribution < 1.29 is 14.3 Å². The minimum absolute atomic E-state index is 0.0726. The molecule has 0 aliphatic carbocycles. The van der Waals surface area contributed by atoms with E-state index in [4.69, 9.17) is 4.74 Å². The normalized spacial score (nSPS) is 13.8. The van der Waals surface area contributed by atoms with Crippen LogP contribution in [0, 0.1) is 5.92 Å². The minimum Gasteiger partial charge on any atom is -0.444 e. The zero-order chi connectivity index (χ0) is 15.9. The SMILES string of the molecule is C=CCC(=O)C(Br)=CC(NC(=O)OC(C)(C)C)C(C)C. The van der Waals surface area contributed by atoms with Gasteiger partial charge < -0.3 is 10.1 Å². The molecule has 0 heterocycles. The van der Waals surface area contributed by atoms with Crippen molar-refractivity contribution in [1.29, 1.82) is 0 Å². The van der Waals surface area contributed by atoms with Gasteiger partial charge in [-0.25, -0.2) is 4.79 Å². The van der Waals surface area contributed by atoms with Gasteiger partial charge in [-0.15, -0.1) is 6.58 Å². The Hall–Kier alpha value is -1.10. The van der Waals surface area contributed by atoms with Gasteiger partial charge in [0.15, 0.2) is 5.78 Å². The molecule has 0 radical (unpaired) electrons. The van der Waals surface area contributed by atoms with Gasteiger partial charge in [-0.1, -0.05) is 19.9 Å². The third-order valence-corrected chi connectivity index (χ3v) is 3.03. The Labute approximate surface area is 129 Å². The molecule has 0 fully saturated rings. The largest absolute Gasteiger partial charge is 0.444 e. The van der Waals surface area contributed by atoms with Crippen molar-refractivity contribution in [2.75, 3.05) is 0 Å². The van der Waals surface area contributed by atoms with Crippen LogP contribution in [0.25, 0.3) is 0 Å². The predicted molar refractivity (Wildman–Crippen MR) is 84.8 cm³/mol. The lowest BCUT2D eigenvalue weighted by atomic mass is 10.0. The maximum atomic E-state index is 11.8. The van der Waals surface area contributed by atoms with Crippen molar-refractivity contribution in [2.24, 2.45) is 5.92 Å². The van der Waals surface area contributed by atoms with E-state index in [0.29, 0.717) is 4.48 Å². The number of amides is 1. The highest BCUT2D eigenvalue weighted by Gasteiger charge is 2.21. The number of rotatable bonds is 6. The average Bonchev–Trinajstić information content (AvgIpc) is 2.25. The summed E-state index contributed by atoms with van der Waals surface area (Å²) in [6.07, 6.45) is 3.00. The molecule has 0 aromatic rings. The second-order valence-electron chi connectivity index (χ2n) is 5.85. The number of halogens is 1. The molecule has 0 spiro atoms. The van der Waals surface area contributed by atoms with Gasteiger partial charge in [-0.05, 0) is 48.7 Å². The highest BCUT2D eigenvalue weighted by molar-refractivity contribution is 9.12. The monoisotopic (exact) mass is 345 g/mol. The molecular weight excluding hydrogens is 322 g/mol. The van der Waals surface area contributed by atoms with Crippen LogP contribution in [0.5, 0.6) is 0 Å². The van der Waals surface area contributed by atoms with Crippen LogP contribution in [-0.4, -0.2) is 23.5 Å². The average molecular weight is 346 g/mol. The van der Waals surface area contributed by atoms with E-state index in [9.17, 15) is 9.59 Å². The number of hydrogen-bond donors (Lipinski definition) is 1. The van der Waals surface area contributed by atoms with E-state index in [2.05, 4.69) is 27.8 Å². The van der Waals surface area contributed by atoms with E-state index in [-0.39, 0.29) is 24.2 Å². The number of ketones is 1. The molecule has 4 nitrogen and oxygen atoms in total. The van der Waals surface area contributed by atoms with E-state index < -0.39 is 11.7 Å². The Morgan fingerprint density at radius 3 is 2.30 bits per heavy atom. The van der Waals surface area contributed by atoms with E-state index in [1.165, 1.54) is 0 Å². The molecule has 0 aromatic carbocycles. The van der Waals surface area contributed by atoms with Crippen molar-refractivity contribution in [3.05, 3.63) is 23.2 Å². The zero-order valence-corrected chi connectivity index (χ0v) is 14.4. The van der Waals surface area contributed by atoms with Crippen LogP contribution in [0.3, 0.4) is 0 Å². The van der Waals surface area contributed by atoms with Crippen LogP contribution in [0.15, 0.2) is 23.2 Å². The Morgan fingerprint density at radius 2 is 1.90 bits per heavy atom. The minimum atomic E-state index is -0.550. The van der Waals surface area contributed by atoms with E-state index in [1.54, 1.807) is 32.9 Å². The Morgan fingerprint density at radius 1 is 1.35 bits per heavy atom. The van der Waals surface area contributed by atoms with Gasteiger partial charge in [0.05, 0.1) is 10.5 Å². The third-order valence-electron chi connectivity index (χ3n) is 2.32. The fourth-order valence-corrected chi connectivity index (χ4v) is 1.77. The third kappa shape index (κ3) is 8.15. The fourth-order valence-electron chi connectivity index (χ4n) is 1.32. The fraction of sp³-hybridized carbons (Fsp3) is 0.600. The summed E-state index contributed by atoms with van der Waals surface area (Å²) in [6, 6.07) is -0.284. The lowest BCUT2D eigenvalue weighted by Gasteiger charge is -2.24. The zero-order valence-electron chi connectivity index (χ0n) is 12.8. The highest BCUT2D eigenvalue weighted by Crippen LogP contribution is 2.15. The topological polar surface area (TPSA) is 55.4 Å². The molecule has 1 amide bonds. The van der Waals surface area contributed by atoms with Gasteiger partial charge in [-0.3, -0.25) is 4.79 Å². The van der Waals surface area contributed by atoms with Crippen molar-refractivity contribution in [2.45, 2.75) is 52.7 Å². The van der Waals surface area contributed by atoms with Crippen LogP contribution < -0.4 is 5.32 Å². The van der Waals surface area contributed by atoms with Crippen molar-refractivity contribution in [1.82, 2.24) is 5.32 Å². The Balaban J connectivity index is 4.82. The summed E-state index contributed by atoms with van der Waals surface area (Å²) >= 11 is 3.24. The second-order valence-corrected chi connectivity index (χ2v) is 6.70. The van der Waals surface area contributed by atoms with Crippen LogP contribution in [0.4, 0.5) is 4.79 Å². The number of allylic oxidation sites excluding steroid dienone is 2. The molecule has 0 bridgehead atoms. The molecule has 1 atom stereocenters. The summed E-state index contributed by atoms with van der Waals surface area (Å²) in [7, 11) is 0. The first kappa shape index (κ1) is 18.9. The Bertz CT molecular complexity index is 394. The molecule has 1 N–H and O–H groups in total. The maximum Gasteiger partial charge on any atom is 0.408 e. The number of nitrogens with one attached hydrogen (secondary N) is 1. The van der Waals surface area contributed by atoms with Crippen molar-refractivity contribution in [3.63, 3.8) is 0 Å². The smallest absolute Gasteiger partial charge is 0.408 e. The molecular formula is C15H24BrNO3. The van der Waals surface area contributed by atoms with E-state index in [1.807, 2.05) is 13.8 Å². The molecule has 0 aliphatic heterocycles. The summed E-state index contributed by atoms with van der Waals surface area (Å²) in [5.74, 6) is 0.0586. The summed E-state index contributed by atoms with van der Waals surface area (Å²) in [5, 5.41) is 2.76. The van der Waals surface area contributed by atoms with Gasteiger partial charge in [0.1, 0.15) is 5.60 Å². The van der Waals surface area contributed by atoms with E-state index >= 15 is 0 Å². The quantitative estimate of drug-likeness (QED) is 0.585. The predicted octanol–water partition coefficient (Wildman–Crippen LogP) is 3.96. The number of alkyl carbamates (subject to hydrolysis) is 1. The standard InChI is InChI=1S/C15H24BrNO3/c1-7-8-13(18)11(16)9-12(10(2)3)17-14(19)20-15(4,5)6/h7,9-10,12H,1,8H2,2-6H3,(H,17,19). The van der Waals surface area contributed by atoms with Crippen LogP contribution >= 0.6 is 15.9 Å². The summed E-state index contributed by atoms with van der Waals surface area (Å²) in [4.78, 5) is 23.5. The molecule has 0 saturated heterocycles. The first-order valence-corrected chi connectivity index (χ1v) is 7.37. The van der Waals surface area contributed by atoms with Crippen molar-refractivity contribution in [3.8, 4) is 0 Å². The van der Waals surface area contributed by atoms with Crippen molar-refractivity contribution >= 4 is 27.8 Å². The van der Waals surface area contributed by atoms with Gasteiger partial charge >= 0.3 is 6.09 Å². The molecule has 0 saturated carbocycles. The van der Waals surface area contributed by atoms with Gasteiger partial charge in [-0.2, -0.15) is 0 Å². The van der Waals surface area contributed by atoms with Crippen LogP contribution in [0.1, 0.15) is 41.0 Å². The number of Topliss-reactive ketones (excluding diaryl/α,β-unsaturated/α-hetero) is 1. The number of carbonyl (C=O) groups is 2. The Kier molecular flexibility index (Phi) is 7.79. The lowest BCUT2D eigenvalue weighted by Crippen LogP contribution is -2.41. The molecule has 20 heavy (non-hydrogen) atoms. The number of ether oxygens (including phenoxy) is 1. The summed E-state index contributed by atoms with van der Waals surface area (Å²) < 4.78 is 5.65. The summed E-state index contributed by atoms with van der Waals surface area (Å²) in [6.45, 7) is 12.8.